The predicted octanol–water partition coefficient (Wildman–Crippen LogP) is 2.47. The third-order valence-electron chi connectivity index (χ3n) is 6.09. The minimum atomic E-state index is -0.349. The summed E-state index contributed by atoms with van der Waals surface area (Å²) in [5.74, 6) is -0.376. The van der Waals surface area contributed by atoms with Crippen LogP contribution in [-0.2, 0) is 9.53 Å². The molecule has 10 heteroatoms. The molecule has 1 N–H and O–H groups in total. The average Bonchev–Trinajstić information content (AvgIpc) is 2.87. The summed E-state index contributed by atoms with van der Waals surface area (Å²) in [5.41, 5.74) is 1.13. The number of hydrogen-bond acceptors (Lipinski definition) is 7. The maximum Gasteiger partial charge on any atom is 0.274 e. The van der Waals surface area contributed by atoms with Crippen molar-refractivity contribution in [1.82, 2.24) is 19.8 Å². The molecule has 0 unspecified atom stereocenters. The maximum atomic E-state index is 13.4. The fraction of sp³-hybridized carbons (Fsp3) is 0.480. The highest BCUT2D eigenvalue weighted by Crippen LogP contribution is 2.27. The van der Waals surface area contributed by atoms with E-state index in [1.165, 1.54) is 18.6 Å². The van der Waals surface area contributed by atoms with Crippen LogP contribution in [0.4, 0.5) is 5.69 Å². The molecule has 1 aromatic heterocycles. The normalized spacial score (nSPS) is 21.3. The van der Waals surface area contributed by atoms with Gasteiger partial charge in [0.25, 0.3) is 11.8 Å². The molecule has 3 atom stereocenters. The number of amides is 3. The number of likely N-dealkylation sites (N-methyl/N-ethyl adjacent to an activating group) is 1. The van der Waals surface area contributed by atoms with Crippen LogP contribution >= 0.6 is 0 Å². The quantitative estimate of drug-likeness (QED) is 0.711. The van der Waals surface area contributed by atoms with Gasteiger partial charge in [-0.25, -0.2) is 4.98 Å². The maximum absolute atomic E-state index is 13.4. The van der Waals surface area contributed by atoms with Gasteiger partial charge in [-0.2, -0.15) is 0 Å². The van der Waals surface area contributed by atoms with E-state index in [0.717, 1.165) is 0 Å². The standard InChI is InChI=1S/C25H33N5O5/c1-6-23(31)28-18-7-8-19-21(11-18)35-15-17(3)30(25(33)20-12-26-9-10-27-20)13-16(2)22(34-5)14-29(4)24(19)32/h7-12,16-17,22H,6,13-15H2,1-5H3,(H,28,31)/t16-,17-,22+/m1/s1. The summed E-state index contributed by atoms with van der Waals surface area (Å²) in [5, 5.41) is 2.79. The SMILES string of the molecule is CCC(=O)Nc1ccc2c(c1)OC[C@@H](C)N(C(=O)c1cnccn1)C[C@@H](C)[C@@H](OC)CN(C)C2=O. The van der Waals surface area contributed by atoms with Crippen molar-refractivity contribution in [2.75, 3.05) is 39.2 Å². The lowest BCUT2D eigenvalue weighted by atomic mass is 10.0. The summed E-state index contributed by atoms with van der Waals surface area (Å²) in [6.07, 6.45) is 4.46. The minimum absolute atomic E-state index is 0.0798. The minimum Gasteiger partial charge on any atom is -0.491 e. The molecule has 1 aliphatic rings. The highest BCUT2D eigenvalue weighted by atomic mass is 16.5. The summed E-state index contributed by atoms with van der Waals surface area (Å²) in [7, 11) is 3.30. The van der Waals surface area contributed by atoms with Crippen LogP contribution in [0.15, 0.2) is 36.8 Å². The number of nitrogens with zero attached hydrogens (tertiary/aromatic N) is 4. The number of carbonyl (C=O) groups excluding carboxylic acids is 3. The molecule has 0 saturated heterocycles. The van der Waals surface area contributed by atoms with E-state index in [4.69, 9.17) is 9.47 Å². The van der Waals surface area contributed by atoms with Crippen LogP contribution in [0.3, 0.4) is 0 Å². The van der Waals surface area contributed by atoms with Gasteiger partial charge in [-0.1, -0.05) is 13.8 Å². The van der Waals surface area contributed by atoms with Crippen LogP contribution in [0.2, 0.25) is 0 Å². The molecular formula is C25H33N5O5. The number of methoxy groups -OCH3 is 1. The van der Waals surface area contributed by atoms with E-state index in [2.05, 4.69) is 15.3 Å². The van der Waals surface area contributed by atoms with Gasteiger partial charge in [0, 0.05) is 63.7 Å². The molecule has 1 aliphatic heterocycles. The van der Waals surface area contributed by atoms with Gasteiger partial charge in [-0.3, -0.25) is 19.4 Å². The molecule has 1 aromatic carbocycles. The molecule has 188 valence electrons. The Morgan fingerprint density at radius 3 is 2.66 bits per heavy atom. The molecule has 0 fully saturated rings. The first-order chi connectivity index (χ1) is 16.7. The van der Waals surface area contributed by atoms with Crippen molar-refractivity contribution in [3.05, 3.63) is 48.0 Å². The van der Waals surface area contributed by atoms with E-state index in [0.29, 0.717) is 36.5 Å². The molecule has 0 aliphatic carbocycles. The Morgan fingerprint density at radius 2 is 2.00 bits per heavy atom. The molecule has 0 spiro atoms. The summed E-state index contributed by atoms with van der Waals surface area (Å²) in [4.78, 5) is 50.0. The highest BCUT2D eigenvalue weighted by molar-refractivity contribution is 5.98. The Kier molecular flexibility index (Phi) is 8.75. The summed E-state index contributed by atoms with van der Waals surface area (Å²) >= 11 is 0. The molecule has 3 rings (SSSR count). The fourth-order valence-electron chi connectivity index (χ4n) is 3.94. The summed E-state index contributed by atoms with van der Waals surface area (Å²) in [6.45, 7) is 6.46. The summed E-state index contributed by atoms with van der Waals surface area (Å²) in [6, 6.07) is 4.61. The number of nitrogens with one attached hydrogen (secondary N) is 1. The van der Waals surface area contributed by atoms with Crippen molar-refractivity contribution in [3.8, 4) is 5.75 Å². The number of hydrogen-bond donors (Lipinski definition) is 1. The van der Waals surface area contributed by atoms with E-state index in [1.54, 1.807) is 49.1 Å². The Bertz CT molecular complexity index is 1050. The van der Waals surface area contributed by atoms with E-state index < -0.39 is 0 Å². The van der Waals surface area contributed by atoms with Crippen molar-refractivity contribution < 1.29 is 23.9 Å². The Hall–Kier alpha value is -3.53. The monoisotopic (exact) mass is 483 g/mol. The van der Waals surface area contributed by atoms with Gasteiger partial charge in [0.15, 0.2) is 0 Å². The molecule has 35 heavy (non-hydrogen) atoms. The molecular weight excluding hydrogens is 450 g/mol. The second-order valence-electron chi connectivity index (χ2n) is 8.76. The second kappa shape index (κ2) is 11.7. The predicted molar refractivity (Wildman–Crippen MR) is 130 cm³/mol. The Morgan fingerprint density at radius 1 is 1.23 bits per heavy atom. The van der Waals surface area contributed by atoms with Gasteiger partial charge in [0.05, 0.1) is 23.9 Å². The van der Waals surface area contributed by atoms with Crippen LogP contribution in [0.1, 0.15) is 48.0 Å². The van der Waals surface area contributed by atoms with E-state index in [1.807, 2.05) is 13.8 Å². The lowest BCUT2D eigenvalue weighted by Gasteiger charge is -2.35. The van der Waals surface area contributed by atoms with Gasteiger partial charge in [-0.05, 0) is 19.1 Å². The zero-order valence-corrected chi connectivity index (χ0v) is 20.9. The zero-order chi connectivity index (χ0) is 25.5. The molecule has 0 saturated carbocycles. The fourth-order valence-corrected chi connectivity index (χ4v) is 3.94. The lowest BCUT2D eigenvalue weighted by Crippen LogP contribution is -2.48. The van der Waals surface area contributed by atoms with E-state index in [-0.39, 0.29) is 48.1 Å². The van der Waals surface area contributed by atoms with Crippen molar-refractivity contribution in [2.45, 2.75) is 39.3 Å². The van der Waals surface area contributed by atoms with Crippen molar-refractivity contribution in [1.29, 1.82) is 0 Å². The molecule has 0 radical (unpaired) electrons. The highest BCUT2D eigenvalue weighted by Gasteiger charge is 2.31. The smallest absolute Gasteiger partial charge is 0.274 e. The first kappa shape index (κ1) is 26.1. The topological polar surface area (TPSA) is 114 Å². The van der Waals surface area contributed by atoms with Crippen LogP contribution in [0.5, 0.6) is 5.75 Å². The number of carbonyl (C=O) groups is 3. The van der Waals surface area contributed by atoms with Crippen LogP contribution in [-0.4, -0.2) is 83.5 Å². The zero-order valence-electron chi connectivity index (χ0n) is 20.9. The third kappa shape index (κ3) is 6.33. The van der Waals surface area contributed by atoms with Crippen molar-refractivity contribution in [2.24, 2.45) is 5.92 Å². The van der Waals surface area contributed by atoms with Gasteiger partial charge < -0.3 is 24.6 Å². The van der Waals surface area contributed by atoms with Crippen molar-refractivity contribution in [3.63, 3.8) is 0 Å². The van der Waals surface area contributed by atoms with Crippen LogP contribution in [0, 0.1) is 5.92 Å². The van der Waals surface area contributed by atoms with E-state index >= 15 is 0 Å². The number of ether oxygens (including phenoxy) is 2. The van der Waals surface area contributed by atoms with Crippen LogP contribution in [0.25, 0.3) is 0 Å². The number of benzene rings is 1. The number of aromatic nitrogens is 2. The first-order valence-corrected chi connectivity index (χ1v) is 11.7. The third-order valence-corrected chi connectivity index (χ3v) is 6.09. The van der Waals surface area contributed by atoms with Crippen molar-refractivity contribution >= 4 is 23.4 Å². The van der Waals surface area contributed by atoms with Crippen LogP contribution < -0.4 is 10.1 Å². The van der Waals surface area contributed by atoms with Gasteiger partial charge in [0.2, 0.25) is 5.91 Å². The molecule has 0 bridgehead atoms. The van der Waals surface area contributed by atoms with Gasteiger partial charge in [-0.15, -0.1) is 0 Å². The second-order valence-corrected chi connectivity index (χ2v) is 8.76. The summed E-state index contributed by atoms with van der Waals surface area (Å²) < 4.78 is 11.8. The molecule has 10 nitrogen and oxygen atoms in total. The molecule has 3 amide bonds. The Labute approximate surface area is 205 Å². The molecule has 2 heterocycles. The van der Waals surface area contributed by atoms with Gasteiger partial charge >= 0.3 is 0 Å². The average molecular weight is 484 g/mol. The largest absolute Gasteiger partial charge is 0.491 e. The lowest BCUT2D eigenvalue weighted by molar-refractivity contribution is -0.115. The van der Waals surface area contributed by atoms with E-state index in [9.17, 15) is 14.4 Å². The Balaban J connectivity index is 1.99. The first-order valence-electron chi connectivity index (χ1n) is 11.7. The number of anilines is 1. The number of fused-ring (bicyclic) bond motifs is 1. The van der Waals surface area contributed by atoms with Gasteiger partial charge in [0.1, 0.15) is 18.1 Å². The number of rotatable bonds is 4. The molecule has 2 aromatic rings.